The average Bonchev–Trinajstić information content (AvgIpc) is 2.59. The van der Waals surface area contributed by atoms with Crippen LogP contribution in [-0.2, 0) is 0 Å². The summed E-state index contributed by atoms with van der Waals surface area (Å²) < 4.78 is 11.2. The maximum Gasteiger partial charge on any atom is 0.235 e. The second-order valence-electron chi connectivity index (χ2n) is 5.02. The van der Waals surface area contributed by atoms with Crippen LogP contribution in [0, 0.1) is 0 Å². The third kappa shape index (κ3) is 3.17. The highest BCUT2D eigenvalue weighted by atomic mass is 35.5. The zero-order valence-corrected chi connectivity index (χ0v) is 13.0. The molecule has 0 unspecified atom stereocenters. The summed E-state index contributed by atoms with van der Waals surface area (Å²) >= 11 is 5.60. The van der Waals surface area contributed by atoms with Crippen molar-refractivity contribution >= 4 is 22.6 Å². The van der Waals surface area contributed by atoms with Gasteiger partial charge in [-0.05, 0) is 42.8 Å². The first-order valence-corrected chi connectivity index (χ1v) is 7.78. The standard InChI is InChI=1S/C18H15ClO4/c19-10-3-11-22-13-8-6-12(7-9-13)18-17(21)16(20)14-4-1-2-5-15(14)23-18/h1-2,4-9,21H,3,10-11H2. The van der Waals surface area contributed by atoms with Gasteiger partial charge in [0, 0.05) is 11.4 Å². The Hall–Kier alpha value is -2.46. The molecule has 0 bridgehead atoms. The van der Waals surface area contributed by atoms with Crippen LogP contribution in [0.5, 0.6) is 11.5 Å². The lowest BCUT2D eigenvalue weighted by Crippen LogP contribution is -2.02. The van der Waals surface area contributed by atoms with E-state index in [4.69, 9.17) is 20.8 Å². The predicted octanol–water partition coefficient (Wildman–Crippen LogP) is 4.17. The van der Waals surface area contributed by atoms with E-state index in [1.807, 2.05) is 0 Å². The van der Waals surface area contributed by atoms with Crippen molar-refractivity contribution in [2.75, 3.05) is 12.5 Å². The molecule has 0 amide bonds. The van der Waals surface area contributed by atoms with E-state index in [0.717, 1.165) is 6.42 Å². The molecule has 1 heterocycles. The highest BCUT2D eigenvalue weighted by Crippen LogP contribution is 2.30. The molecule has 1 aromatic heterocycles. The van der Waals surface area contributed by atoms with Crippen LogP contribution in [0.1, 0.15) is 6.42 Å². The van der Waals surface area contributed by atoms with Crippen molar-refractivity contribution < 1.29 is 14.3 Å². The predicted molar refractivity (Wildman–Crippen MR) is 90.4 cm³/mol. The third-order valence-corrected chi connectivity index (χ3v) is 3.70. The first-order valence-electron chi connectivity index (χ1n) is 7.24. The summed E-state index contributed by atoms with van der Waals surface area (Å²) in [5.74, 6) is 1.01. The first-order chi connectivity index (χ1) is 11.2. The Balaban J connectivity index is 1.97. The largest absolute Gasteiger partial charge is 0.502 e. The van der Waals surface area contributed by atoms with E-state index in [1.165, 1.54) is 0 Å². The normalized spacial score (nSPS) is 10.8. The number of fused-ring (bicyclic) bond motifs is 1. The summed E-state index contributed by atoms with van der Waals surface area (Å²) in [6.07, 6.45) is 0.768. The second kappa shape index (κ2) is 6.75. The van der Waals surface area contributed by atoms with Gasteiger partial charge < -0.3 is 14.3 Å². The van der Waals surface area contributed by atoms with Crippen LogP contribution in [-0.4, -0.2) is 17.6 Å². The van der Waals surface area contributed by atoms with Crippen LogP contribution in [0.25, 0.3) is 22.3 Å². The van der Waals surface area contributed by atoms with E-state index in [9.17, 15) is 9.90 Å². The number of alkyl halides is 1. The molecule has 2 aromatic carbocycles. The lowest BCUT2D eigenvalue weighted by atomic mass is 10.1. The Morgan fingerprint density at radius 3 is 2.57 bits per heavy atom. The van der Waals surface area contributed by atoms with E-state index in [0.29, 0.717) is 34.8 Å². The molecule has 0 saturated heterocycles. The molecule has 0 atom stereocenters. The number of hydrogen-bond acceptors (Lipinski definition) is 4. The van der Waals surface area contributed by atoms with Crippen LogP contribution in [0.2, 0.25) is 0 Å². The quantitative estimate of drug-likeness (QED) is 0.563. The molecule has 5 heteroatoms. The first kappa shape index (κ1) is 15.4. The third-order valence-electron chi connectivity index (χ3n) is 3.44. The van der Waals surface area contributed by atoms with Crippen LogP contribution >= 0.6 is 11.6 Å². The molecule has 0 saturated carbocycles. The number of benzene rings is 2. The van der Waals surface area contributed by atoms with Crippen LogP contribution in [0.3, 0.4) is 0 Å². The minimum absolute atomic E-state index is 0.154. The van der Waals surface area contributed by atoms with Crippen molar-refractivity contribution in [3.8, 4) is 22.8 Å². The summed E-state index contributed by atoms with van der Waals surface area (Å²) in [6, 6.07) is 13.8. The van der Waals surface area contributed by atoms with Gasteiger partial charge in [0.1, 0.15) is 11.3 Å². The fourth-order valence-electron chi connectivity index (χ4n) is 2.27. The minimum Gasteiger partial charge on any atom is -0.502 e. The van der Waals surface area contributed by atoms with E-state index in [1.54, 1.807) is 48.5 Å². The molecule has 0 fully saturated rings. The monoisotopic (exact) mass is 330 g/mol. The molecule has 0 aliphatic carbocycles. The smallest absolute Gasteiger partial charge is 0.235 e. The van der Waals surface area contributed by atoms with Crippen LogP contribution < -0.4 is 10.2 Å². The summed E-state index contributed by atoms with van der Waals surface area (Å²) in [6.45, 7) is 0.541. The molecule has 23 heavy (non-hydrogen) atoms. The van der Waals surface area contributed by atoms with E-state index in [-0.39, 0.29) is 11.5 Å². The Labute approximate surface area is 137 Å². The highest BCUT2D eigenvalue weighted by molar-refractivity contribution is 6.17. The van der Waals surface area contributed by atoms with Gasteiger partial charge in [0.2, 0.25) is 11.2 Å². The SMILES string of the molecule is O=c1c(O)c(-c2ccc(OCCCCl)cc2)oc2ccccc12. The van der Waals surface area contributed by atoms with E-state index in [2.05, 4.69) is 0 Å². The highest BCUT2D eigenvalue weighted by Gasteiger charge is 2.14. The number of aromatic hydroxyl groups is 1. The molecular formula is C18H15ClO4. The molecule has 0 aliphatic rings. The van der Waals surface area contributed by atoms with Gasteiger partial charge in [-0.3, -0.25) is 4.79 Å². The molecule has 0 spiro atoms. The average molecular weight is 331 g/mol. The van der Waals surface area contributed by atoms with Gasteiger partial charge in [-0.1, -0.05) is 12.1 Å². The molecule has 0 radical (unpaired) electrons. The molecule has 0 aliphatic heterocycles. The summed E-state index contributed by atoms with van der Waals surface area (Å²) in [5.41, 5.74) is 0.604. The summed E-state index contributed by atoms with van der Waals surface area (Å²) in [7, 11) is 0. The van der Waals surface area contributed by atoms with Gasteiger partial charge in [-0.15, -0.1) is 11.6 Å². The van der Waals surface area contributed by atoms with Crippen molar-refractivity contribution in [3.05, 3.63) is 58.8 Å². The number of para-hydroxylation sites is 1. The molecule has 1 N–H and O–H groups in total. The van der Waals surface area contributed by atoms with Crippen molar-refractivity contribution in [2.45, 2.75) is 6.42 Å². The summed E-state index contributed by atoms with van der Waals surface area (Å²) in [5, 5.41) is 10.5. The second-order valence-corrected chi connectivity index (χ2v) is 5.40. The fourth-order valence-corrected chi connectivity index (χ4v) is 2.38. The van der Waals surface area contributed by atoms with Crippen molar-refractivity contribution in [2.24, 2.45) is 0 Å². The van der Waals surface area contributed by atoms with Gasteiger partial charge in [0.05, 0.1) is 12.0 Å². The summed E-state index contributed by atoms with van der Waals surface area (Å²) in [4.78, 5) is 12.2. The maximum absolute atomic E-state index is 12.2. The van der Waals surface area contributed by atoms with E-state index >= 15 is 0 Å². The number of ether oxygens (including phenoxy) is 1. The Morgan fingerprint density at radius 1 is 1.09 bits per heavy atom. The van der Waals surface area contributed by atoms with Crippen molar-refractivity contribution in [1.29, 1.82) is 0 Å². The van der Waals surface area contributed by atoms with Crippen molar-refractivity contribution in [3.63, 3.8) is 0 Å². The molecule has 118 valence electrons. The van der Waals surface area contributed by atoms with E-state index < -0.39 is 5.43 Å². The Morgan fingerprint density at radius 2 is 1.83 bits per heavy atom. The van der Waals surface area contributed by atoms with Gasteiger partial charge in [0.15, 0.2) is 5.76 Å². The minimum atomic E-state index is -0.440. The molecule has 4 nitrogen and oxygen atoms in total. The van der Waals surface area contributed by atoms with Crippen LogP contribution in [0.4, 0.5) is 0 Å². The molecule has 3 aromatic rings. The van der Waals surface area contributed by atoms with Gasteiger partial charge in [-0.2, -0.15) is 0 Å². The fraction of sp³-hybridized carbons (Fsp3) is 0.167. The molecular weight excluding hydrogens is 316 g/mol. The Bertz CT molecular complexity index is 868. The lowest BCUT2D eigenvalue weighted by Gasteiger charge is -2.08. The van der Waals surface area contributed by atoms with Gasteiger partial charge >= 0.3 is 0 Å². The van der Waals surface area contributed by atoms with Gasteiger partial charge in [0.25, 0.3) is 0 Å². The van der Waals surface area contributed by atoms with Crippen LogP contribution in [0.15, 0.2) is 57.7 Å². The number of hydrogen-bond donors (Lipinski definition) is 1. The van der Waals surface area contributed by atoms with Gasteiger partial charge in [-0.25, -0.2) is 0 Å². The Kier molecular flexibility index (Phi) is 4.53. The zero-order chi connectivity index (χ0) is 16.2. The zero-order valence-electron chi connectivity index (χ0n) is 12.3. The number of rotatable bonds is 5. The molecule has 3 rings (SSSR count). The maximum atomic E-state index is 12.2. The number of halogens is 1. The lowest BCUT2D eigenvalue weighted by molar-refractivity contribution is 0.318. The van der Waals surface area contributed by atoms with Crippen molar-refractivity contribution in [1.82, 2.24) is 0 Å². The topological polar surface area (TPSA) is 59.7 Å².